The summed E-state index contributed by atoms with van der Waals surface area (Å²) >= 11 is 0. The van der Waals surface area contributed by atoms with Crippen LogP contribution in [0.5, 0.6) is 0 Å². The van der Waals surface area contributed by atoms with E-state index in [1.165, 1.54) is 11.1 Å². The lowest BCUT2D eigenvalue weighted by atomic mass is 9.61. The third-order valence-corrected chi connectivity index (χ3v) is 5.66. The number of rotatable bonds is 0. The molecule has 4 aliphatic rings. The van der Waals surface area contributed by atoms with Gasteiger partial charge < -0.3 is 4.74 Å². The van der Waals surface area contributed by atoms with Crippen molar-refractivity contribution in [1.82, 2.24) is 0 Å². The Kier molecular flexibility index (Phi) is 2.83. The molecule has 4 rings (SSSR count). The van der Waals surface area contributed by atoms with Crippen LogP contribution in [-0.2, 0) is 14.3 Å². The molecule has 3 unspecified atom stereocenters. The Balaban J connectivity index is 1.71. The molecule has 0 amide bonds. The number of allylic oxidation sites excluding steroid dienone is 4. The number of ether oxygens (including phenoxy) is 1. The molecule has 3 aliphatic carbocycles. The number of hydrogen-bond acceptors (Lipinski definition) is 3. The lowest BCUT2D eigenvalue weighted by molar-refractivity contribution is -0.159. The third kappa shape index (κ3) is 1.79. The molecular weight excluding hydrogens is 252 g/mol. The van der Waals surface area contributed by atoms with Crippen molar-refractivity contribution >= 4 is 11.8 Å². The molecule has 0 N–H and O–H groups in total. The summed E-state index contributed by atoms with van der Waals surface area (Å²) in [5, 5.41) is 0. The number of carbonyl (C=O) groups is 2. The quantitative estimate of drug-likeness (QED) is 0.637. The van der Waals surface area contributed by atoms with E-state index in [0.29, 0.717) is 24.9 Å². The highest BCUT2D eigenvalue weighted by atomic mass is 16.5. The first-order valence-electron chi connectivity index (χ1n) is 7.86. The van der Waals surface area contributed by atoms with Crippen LogP contribution in [0.2, 0.25) is 0 Å². The van der Waals surface area contributed by atoms with Crippen LogP contribution in [0, 0.1) is 17.8 Å². The molecule has 3 nitrogen and oxygen atoms in total. The number of esters is 1. The standard InChI is InChI=1S/C17H20O3/c18-11-2-4-12-10(9-11)1-3-14-13(12)5-6-16-15(14)7-8-20-17(16)19/h9,14-16H,1-8H2. The van der Waals surface area contributed by atoms with Gasteiger partial charge in [0, 0.05) is 6.42 Å². The van der Waals surface area contributed by atoms with Crippen LogP contribution in [0.25, 0.3) is 0 Å². The first-order chi connectivity index (χ1) is 9.74. The molecule has 1 aliphatic heterocycles. The molecule has 20 heavy (non-hydrogen) atoms. The van der Waals surface area contributed by atoms with Gasteiger partial charge in [-0.25, -0.2) is 0 Å². The number of cyclic esters (lactones) is 1. The second-order valence-corrected chi connectivity index (χ2v) is 6.55. The molecule has 0 bridgehead atoms. The number of ketones is 1. The van der Waals surface area contributed by atoms with Crippen molar-refractivity contribution in [2.45, 2.75) is 44.9 Å². The van der Waals surface area contributed by atoms with Crippen LogP contribution in [0.3, 0.4) is 0 Å². The van der Waals surface area contributed by atoms with E-state index in [9.17, 15) is 9.59 Å². The van der Waals surface area contributed by atoms with E-state index >= 15 is 0 Å². The maximum absolute atomic E-state index is 11.9. The van der Waals surface area contributed by atoms with Gasteiger partial charge in [-0.15, -0.1) is 0 Å². The van der Waals surface area contributed by atoms with E-state index in [2.05, 4.69) is 0 Å². The van der Waals surface area contributed by atoms with Gasteiger partial charge in [0.25, 0.3) is 0 Å². The summed E-state index contributed by atoms with van der Waals surface area (Å²) in [4.78, 5) is 23.5. The molecule has 1 saturated carbocycles. The van der Waals surface area contributed by atoms with Gasteiger partial charge in [0.2, 0.25) is 0 Å². The van der Waals surface area contributed by atoms with Gasteiger partial charge in [-0.05, 0) is 67.6 Å². The predicted molar refractivity (Wildman–Crippen MR) is 73.9 cm³/mol. The van der Waals surface area contributed by atoms with E-state index in [0.717, 1.165) is 38.5 Å². The second kappa shape index (κ2) is 4.57. The summed E-state index contributed by atoms with van der Waals surface area (Å²) in [6.07, 6.45) is 8.62. The fraction of sp³-hybridized carbons (Fsp3) is 0.647. The monoisotopic (exact) mass is 272 g/mol. The van der Waals surface area contributed by atoms with Gasteiger partial charge >= 0.3 is 5.97 Å². The number of carbonyl (C=O) groups excluding carboxylic acids is 2. The molecule has 3 atom stereocenters. The first-order valence-corrected chi connectivity index (χ1v) is 7.86. The minimum Gasteiger partial charge on any atom is -0.465 e. The van der Waals surface area contributed by atoms with Crippen LogP contribution in [0.15, 0.2) is 22.8 Å². The maximum atomic E-state index is 11.9. The highest BCUT2D eigenvalue weighted by Crippen LogP contribution is 2.51. The van der Waals surface area contributed by atoms with Gasteiger partial charge in [-0.1, -0.05) is 5.57 Å². The lowest BCUT2D eigenvalue weighted by Crippen LogP contribution is -2.41. The summed E-state index contributed by atoms with van der Waals surface area (Å²) in [5.74, 6) is 1.52. The molecule has 0 spiro atoms. The molecular formula is C17H20O3. The van der Waals surface area contributed by atoms with Crippen molar-refractivity contribution in [2.24, 2.45) is 17.8 Å². The van der Waals surface area contributed by atoms with Crippen LogP contribution in [-0.4, -0.2) is 18.4 Å². The molecule has 0 aromatic heterocycles. The Bertz CT molecular complexity index is 540. The molecule has 3 heteroatoms. The van der Waals surface area contributed by atoms with E-state index in [1.807, 2.05) is 6.08 Å². The third-order valence-electron chi connectivity index (χ3n) is 5.66. The Morgan fingerprint density at radius 2 is 1.80 bits per heavy atom. The van der Waals surface area contributed by atoms with Gasteiger partial charge in [0.1, 0.15) is 0 Å². The predicted octanol–water partition coefficient (Wildman–Crippen LogP) is 2.96. The lowest BCUT2D eigenvalue weighted by Gasteiger charge is -2.45. The van der Waals surface area contributed by atoms with Crippen LogP contribution in [0.4, 0.5) is 0 Å². The van der Waals surface area contributed by atoms with Crippen LogP contribution >= 0.6 is 0 Å². The number of hydrogen-bond donors (Lipinski definition) is 0. The van der Waals surface area contributed by atoms with Crippen LogP contribution < -0.4 is 0 Å². The average Bonchev–Trinajstić information content (AvgIpc) is 2.46. The van der Waals surface area contributed by atoms with Crippen molar-refractivity contribution in [3.05, 3.63) is 22.8 Å². The zero-order valence-electron chi connectivity index (χ0n) is 11.7. The summed E-state index contributed by atoms with van der Waals surface area (Å²) in [6.45, 7) is 0.598. The van der Waals surface area contributed by atoms with Crippen molar-refractivity contribution < 1.29 is 14.3 Å². The fourth-order valence-electron chi connectivity index (χ4n) is 4.77. The molecule has 1 heterocycles. The zero-order chi connectivity index (χ0) is 13.7. The van der Waals surface area contributed by atoms with Gasteiger partial charge in [-0.3, -0.25) is 9.59 Å². The Hall–Kier alpha value is -1.38. The van der Waals surface area contributed by atoms with Crippen LogP contribution in [0.1, 0.15) is 44.9 Å². The highest BCUT2D eigenvalue weighted by Gasteiger charge is 2.45. The van der Waals surface area contributed by atoms with E-state index in [-0.39, 0.29) is 17.7 Å². The SMILES string of the molecule is O=C1C=C2CCC3C(=C2CC1)CCC1C(=O)OCCC13. The molecule has 0 aromatic rings. The van der Waals surface area contributed by atoms with Gasteiger partial charge in [-0.2, -0.15) is 0 Å². The van der Waals surface area contributed by atoms with Crippen molar-refractivity contribution in [3.8, 4) is 0 Å². The van der Waals surface area contributed by atoms with Crippen molar-refractivity contribution in [3.63, 3.8) is 0 Å². The fourth-order valence-corrected chi connectivity index (χ4v) is 4.77. The summed E-state index contributed by atoms with van der Waals surface area (Å²) in [5.41, 5.74) is 4.34. The van der Waals surface area contributed by atoms with Gasteiger partial charge in [0.05, 0.1) is 12.5 Å². The minimum atomic E-state index is 0.0328. The topological polar surface area (TPSA) is 43.4 Å². The summed E-state index contributed by atoms with van der Waals surface area (Å²) in [7, 11) is 0. The minimum absolute atomic E-state index is 0.0328. The van der Waals surface area contributed by atoms with E-state index in [4.69, 9.17) is 4.74 Å². The molecule has 1 saturated heterocycles. The molecule has 0 radical (unpaired) electrons. The summed E-state index contributed by atoms with van der Waals surface area (Å²) in [6, 6.07) is 0. The molecule has 106 valence electrons. The molecule has 0 aromatic carbocycles. The summed E-state index contributed by atoms with van der Waals surface area (Å²) < 4.78 is 5.24. The van der Waals surface area contributed by atoms with E-state index in [1.54, 1.807) is 5.57 Å². The largest absolute Gasteiger partial charge is 0.465 e. The van der Waals surface area contributed by atoms with E-state index < -0.39 is 0 Å². The van der Waals surface area contributed by atoms with Gasteiger partial charge in [0.15, 0.2) is 5.78 Å². The molecule has 2 fully saturated rings. The van der Waals surface area contributed by atoms with Crippen molar-refractivity contribution in [1.29, 1.82) is 0 Å². The second-order valence-electron chi connectivity index (χ2n) is 6.55. The number of fused-ring (bicyclic) bond motifs is 4. The highest BCUT2D eigenvalue weighted by molar-refractivity contribution is 5.93. The zero-order valence-corrected chi connectivity index (χ0v) is 11.7. The Morgan fingerprint density at radius 1 is 0.950 bits per heavy atom. The average molecular weight is 272 g/mol. The normalized spacial score (nSPS) is 36.6. The maximum Gasteiger partial charge on any atom is 0.309 e. The van der Waals surface area contributed by atoms with Crippen molar-refractivity contribution in [2.75, 3.05) is 6.61 Å². The Labute approximate surface area is 119 Å². The smallest absolute Gasteiger partial charge is 0.309 e. The Morgan fingerprint density at radius 3 is 2.70 bits per heavy atom. The first kappa shape index (κ1) is 12.4.